The van der Waals surface area contributed by atoms with Crippen molar-refractivity contribution in [3.63, 3.8) is 0 Å². The zero-order valence-electron chi connectivity index (χ0n) is 13.2. The number of benzene rings is 1. The van der Waals surface area contributed by atoms with Crippen LogP contribution < -0.4 is 0 Å². The Morgan fingerprint density at radius 3 is 2.32 bits per heavy atom. The third-order valence-corrected chi connectivity index (χ3v) is 3.51. The van der Waals surface area contributed by atoms with Gasteiger partial charge in [0.1, 0.15) is 23.5 Å². The highest BCUT2D eigenvalue weighted by Crippen LogP contribution is 2.35. The number of carbonyl (C=O) groups excluding carboxylic acids is 1. The van der Waals surface area contributed by atoms with Gasteiger partial charge in [-0.2, -0.15) is 0 Å². The number of hydrogen-bond donors (Lipinski definition) is 0. The van der Waals surface area contributed by atoms with E-state index >= 15 is 0 Å². The quantitative estimate of drug-likeness (QED) is 0.836. The molecule has 1 saturated heterocycles. The van der Waals surface area contributed by atoms with Gasteiger partial charge in [-0.1, -0.05) is 0 Å². The number of carbonyl (C=O) groups is 1. The molecule has 1 heterocycles. The molecular weight excluding hydrogens is 292 g/mol. The van der Waals surface area contributed by atoms with E-state index in [1.165, 1.54) is 24.1 Å². The molecule has 0 spiro atoms. The van der Waals surface area contributed by atoms with Crippen LogP contribution in [0.5, 0.6) is 0 Å². The molecule has 1 aliphatic rings. The maximum atomic E-state index is 13.4. The second kappa shape index (κ2) is 6.20. The minimum absolute atomic E-state index is 0.289. The monoisotopic (exact) mass is 313 g/mol. The first-order valence-electron chi connectivity index (χ1n) is 7.19. The Morgan fingerprint density at radius 1 is 1.23 bits per heavy atom. The molecule has 2 rings (SSSR count). The maximum absolute atomic E-state index is 13.4. The predicted molar refractivity (Wildman–Crippen MR) is 77.5 cm³/mol. The Kier molecular flexibility index (Phi) is 4.70. The highest BCUT2D eigenvalue weighted by Gasteiger charge is 2.40. The highest BCUT2D eigenvalue weighted by molar-refractivity contribution is 5.69. The van der Waals surface area contributed by atoms with Crippen LogP contribution in [0.4, 0.5) is 13.6 Å². The SMILES string of the molecule is CO[C@H]1C(c2cc(F)cc(F)c2)CCN1C(=O)OC(C)(C)C. The maximum Gasteiger partial charge on any atom is 0.412 e. The molecule has 122 valence electrons. The molecule has 0 aromatic heterocycles. The molecule has 22 heavy (non-hydrogen) atoms. The summed E-state index contributed by atoms with van der Waals surface area (Å²) < 4.78 is 37.5. The number of likely N-dealkylation sites (tertiary alicyclic amines) is 1. The van der Waals surface area contributed by atoms with Crippen LogP contribution in [0, 0.1) is 11.6 Å². The number of halogens is 2. The van der Waals surface area contributed by atoms with Crippen LogP contribution in [0.3, 0.4) is 0 Å². The van der Waals surface area contributed by atoms with E-state index in [9.17, 15) is 13.6 Å². The smallest absolute Gasteiger partial charge is 0.412 e. The van der Waals surface area contributed by atoms with Crippen LogP contribution in [-0.4, -0.2) is 36.5 Å². The second-order valence-electron chi connectivity index (χ2n) is 6.40. The van der Waals surface area contributed by atoms with Gasteiger partial charge in [0.2, 0.25) is 0 Å². The van der Waals surface area contributed by atoms with Gasteiger partial charge in [-0.15, -0.1) is 0 Å². The van der Waals surface area contributed by atoms with Crippen LogP contribution >= 0.6 is 0 Å². The molecule has 0 radical (unpaired) electrons. The average Bonchev–Trinajstić information content (AvgIpc) is 2.79. The summed E-state index contributed by atoms with van der Waals surface area (Å²) in [6.45, 7) is 5.75. The predicted octanol–water partition coefficient (Wildman–Crippen LogP) is 3.66. The Labute approximate surface area is 129 Å². The zero-order chi connectivity index (χ0) is 16.5. The van der Waals surface area contributed by atoms with Crippen molar-refractivity contribution in [3.05, 3.63) is 35.4 Å². The minimum atomic E-state index is -0.638. The number of amides is 1. The van der Waals surface area contributed by atoms with Crippen molar-refractivity contribution >= 4 is 6.09 Å². The Bertz CT molecular complexity index is 537. The van der Waals surface area contributed by atoms with Crippen molar-refractivity contribution in [2.75, 3.05) is 13.7 Å². The average molecular weight is 313 g/mol. The normalized spacial score (nSPS) is 22.0. The lowest BCUT2D eigenvalue weighted by atomic mass is 9.96. The molecule has 4 nitrogen and oxygen atoms in total. The summed E-state index contributed by atoms with van der Waals surface area (Å²) in [4.78, 5) is 13.7. The first-order chi connectivity index (χ1) is 10.2. The lowest BCUT2D eigenvalue weighted by molar-refractivity contribution is -0.0363. The van der Waals surface area contributed by atoms with Crippen molar-refractivity contribution in [3.8, 4) is 0 Å². The van der Waals surface area contributed by atoms with Crippen molar-refractivity contribution in [2.24, 2.45) is 0 Å². The number of hydrogen-bond acceptors (Lipinski definition) is 3. The minimum Gasteiger partial charge on any atom is -0.444 e. The van der Waals surface area contributed by atoms with E-state index in [1.807, 2.05) is 0 Å². The van der Waals surface area contributed by atoms with Gasteiger partial charge in [0.25, 0.3) is 0 Å². The van der Waals surface area contributed by atoms with Gasteiger partial charge in [-0.25, -0.2) is 13.6 Å². The van der Waals surface area contributed by atoms with Crippen molar-refractivity contribution in [1.82, 2.24) is 4.90 Å². The van der Waals surface area contributed by atoms with E-state index in [4.69, 9.17) is 9.47 Å². The molecule has 1 aromatic rings. The molecule has 0 aliphatic carbocycles. The fraction of sp³-hybridized carbons (Fsp3) is 0.562. The zero-order valence-corrected chi connectivity index (χ0v) is 13.2. The van der Waals surface area contributed by atoms with Gasteiger partial charge in [0.05, 0.1) is 0 Å². The summed E-state index contributed by atoms with van der Waals surface area (Å²) in [7, 11) is 1.47. The molecule has 1 amide bonds. The summed E-state index contributed by atoms with van der Waals surface area (Å²) in [6.07, 6.45) is -0.532. The third-order valence-electron chi connectivity index (χ3n) is 3.51. The molecule has 0 saturated carbocycles. The fourth-order valence-electron chi connectivity index (χ4n) is 2.69. The molecular formula is C16H21F2NO3. The topological polar surface area (TPSA) is 38.8 Å². The van der Waals surface area contributed by atoms with Crippen molar-refractivity contribution in [2.45, 2.75) is 44.9 Å². The van der Waals surface area contributed by atoms with Gasteiger partial charge in [0.15, 0.2) is 0 Å². The molecule has 2 atom stereocenters. The van der Waals surface area contributed by atoms with Crippen LogP contribution in [0.2, 0.25) is 0 Å². The Hall–Kier alpha value is -1.69. The van der Waals surface area contributed by atoms with Gasteiger partial charge < -0.3 is 9.47 Å². The first-order valence-corrected chi connectivity index (χ1v) is 7.19. The van der Waals surface area contributed by atoms with Crippen molar-refractivity contribution < 1.29 is 23.0 Å². The number of ether oxygens (including phenoxy) is 2. The van der Waals surface area contributed by atoms with Crippen LogP contribution in [0.1, 0.15) is 38.7 Å². The molecule has 1 aromatic carbocycles. The molecule has 1 unspecified atom stereocenters. The summed E-state index contributed by atoms with van der Waals surface area (Å²) >= 11 is 0. The number of rotatable bonds is 2. The molecule has 1 aliphatic heterocycles. The van der Waals surface area contributed by atoms with E-state index in [1.54, 1.807) is 20.8 Å². The summed E-state index contributed by atoms with van der Waals surface area (Å²) in [5.41, 5.74) is -0.131. The Balaban J connectivity index is 2.20. The second-order valence-corrected chi connectivity index (χ2v) is 6.40. The largest absolute Gasteiger partial charge is 0.444 e. The summed E-state index contributed by atoms with van der Waals surface area (Å²) in [5.74, 6) is -1.57. The van der Waals surface area contributed by atoms with Gasteiger partial charge >= 0.3 is 6.09 Å². The standard InChI is InChI=1S/C16H21F2NO3/c1-16(2,3)22-15(20)19-6-5-13(14(19)21-4)10-7-11(17)9-12(18)8-10/h7-9,13-14H,5-6H2,1-4H3/t13?,14-/m0/s1. The van der Waals surface area contributed by atoms with E-state index in [2.05, 4.69) is 0 Å². The summed E-state index contributed by atoms with van der Waals surface area (Å²) in [6, 6.07) is 3.38. The van der Waals surface area contributed by atoms with Gasteiger partial charge in [-0.05, 0) is 44.9 Å². The van der Waals surface area contributed by atoms with Crippen LogP contribution in [-0.2, 0) is 9.47 Å². The molecule has 0 N–H and O–H groups in total. The number of methoxy groups -OCH3 is 1. The lowest BCUT2D eigenvalue weighted by Gasteiger charge is -2.29. The lowest BCUT2D eigenvalue weighted by Crippen LogP contribution is -2.42. The van der Waals surface area contributed by atoms with E-state index in [0.29, 0.717) is 18.5 Å². The molecule has 0 bridgehead atoms. The molecule has 6 heteroatoms. The fourth-order valence-corrected chi connectivity index (χ4v) is 2.69. The van der Waals surface area contributed by atoms with Crippen LogP contribution in [0.15, 0.2) is 18.2 Å². The Morgan fingerprint density at radius 2 is 1.82 bits per heavy atom. The van der Waals surface area contributed by atoms with Crippen molar-refractivity contribution in [1.29, 1.82) is 0 Å². The number of nitrogens with zero attached hydrogens (tertiary/aromatic N) is 1. The summed E-state index contributed by atoms with van der Waals surface area (Å²) in [5, 5.41) is 0. The van der Waals surface area contributed by atoms with Gasteiger partial charge in [0, 0.05) is 25.6 Å². The third kappa shape index (κ3) is 3.74. The van der Waals surface area contributed by atoms with E-state index < -0.39 is 29.6 Å². The van der Waals surface area contributed by atoms with Gasteiger partial charge in [-0.3, -0.25) is 4.90 Å². The van der Waals surface area contributed by atoms with E-state index in [-0.39, 0.29) is 5.92 Å². The van der Waals surface area contributed by atoms with Crippen LogP contribution in [0.25, 0.3) is 0 Å². The molecule has 1 fully saturated rings. The first kappa shape index (κ1) is 16.7. The van der Waals surface area contributed by atoms with E-state index in [0.717, 1.165) is 6.07 Å². The highest BCUT2D eigenvalue weighted by atomic mass is 19.1.